The first kappa shape index (κ1) is 18.3. The predicted octanol–water partition coefficient (Wildman–Crippen LogP) is 4.78. The van der Waals surface area contributed by atoms with Crippen LogP contribution in [0.3, 0.4) is 0 Å². The number of para-hydroxylation sites is 1. The Morgan fingerprint density at radius 2 is 1.96 bits per heavy atom. The number of aldehydes is 1. The van der Waals surface area contributed by atoms with E-state index in [-0.39, 0.29) is 0 Å². The van der Waals surface area contributed by atoms with Crippen LogP contribution >= 0.6 is 11.3 Å². The van der Waals surface area contributed by atoms with Crippen LogP contribution in [-0.2, 0) is 9.53 Å². The number of nitrogens with zero attached hydrogens (tertiary/aromatic N) is 1. The van der Waals surface area contributed by atoms with Crippen LogP contribution in [0, 0.1) is 6.92 Å². The van der Waals surface area contributed by atoms with Crippen LogP contribution < -0.4 is 9.47 Å². The average molecular weight is 393 g/mol. The minimum Gasteiger partial charge on any atom is -0.497 e. The van der Waals surface area contributed by atoms with Crippen LogP contribution in [-0.4, -0.2) is 18.4 Å². The molecule has 28 heavy (non-hydrogen) atoms. The van der Waals surface area contributed by atoms with Gasteiger partial charge in [0.1, 0.15) is 35.7 Å². The molecule has 2 atom stereocenters. The van der Waals surface area contributed by atoms with Crippen LogP contribution in [0.1, 0.15) is 33.0 Å². The topological polar surface area (TPSA) is 57.7 Å². The molecule has 3 aromatic rings. The Morgan fingerprint density at radius 1 is 1.18 bits per heavy atom. The molecule has 0 fully saturated rings. The lowest BCUT2D eigenvalue weighted by Crippen LogP contribution is -2.16. The lowest BCUT2D eigenvalue weighted by Gasteiger charge is -2.27. The molecule has 0 saturated carbocycles. The molecule has 1 aromatic heterocycles. The molecule has 0 bridgehead atoms. The van der Waals surface area contributed by atoms with E-state index in [1.165, 1.54) is 6.26 Å². The highest BCUT2D eigenvalue weighted by Gasteiger charge is 2.29. The quantitative estimate of drug-likeness (QED) is 0.564. The summed E-state index contributed by atoms with van der Waals surface area (Å²) in [5.74, 6) is 1.39. The van der Waals surface area contributed by atoms with Gasteiger partial charge in [0.15, 0.2) is 6.10 Å². The SMILES string of the molecule is COc1ccc(C(OC2=COc3ccccc3C2C=O)c2cnc(C)s2)cc1. The number of thiazole rings is 1. The highest BCUT2D eigenvalue weighted by atomic mass is 32.1. The lowest BCUT2D eigenvalue weighted by atomic mass is 9.96. The normalized spacial score (nSPS) is 16.4. The summed E-state index contributed by atoms with van der Waals surface area (Å²) in [4.78, 5) is 17.2. The molecule has 2 aromatic carbocycles. The van der Waals surface area contributed by atoms with Crippen LogP contribution in [0.5, 0.6) is 11.5 Å². The monoisotopic (exact) mass is 393 g/mol. The Morgan fingerprint density at radius 3 is 2.64 bits per heavy atom. The number of hydrogen-bond acceptors (Lipinski definition) is 6. The van der Waals surface area contributed by atoms with Gasteiger partial charge in [-0.15, -0.1) is 11.3 Å². The number of hydrogen-bond donors (Lipinski definition) is 0. The summed E-state index contributed by atoms with van der Waals surface area (Å²) in [6.07, 6.45) is 3.81. The van der Waals surface area contributed by atoms with Gasteiger partial charge >= 0.3 is 0 Å². The number of methoxy groups -OCH3 is 1. The Labute approximate surface area is 167 Å². The highest BCUT2D eigenvalue weighted by molar-refractivity contribution is 7.11. The highest BCUT2D eigenvalue weighted by Crippen LogP contribution is 2.40. The number of aromatic nitrogens is 1. The number of aryl methyl sites for hydroxylation is 1. The van der Waals surface area contributed by atoms with Crippen molar-refractivity contribution in [2.75, 3.05) is 7.11 Å². The summed E-state index contributed by atoms with van der Waals surface area (Å²) in [7, 11) is 1.63. The molecule has 0 aliphatic carbocycles. The zero-order valence-electron chi connectivity index (χ0n) is 15.5. The second-order valence-corrected chi connectivity index (χ2v) is 7.61. The van der Waals surface area contributed by atoms with E-state index in [0.717, 1.165) is 33.0 Å². The van der Waals surface area contributed by atoms with Crippen LogP contribution in [0.2, 0.25) is 0 Å². The van der Waals surface area contributed by atoms with Crippen molar-refractivity contribution in [1.82, 2.24) is 4.98 Å². The van der Waals surface area contributed by atoms with Gasteiger partial charge in [-0.1, -0.05) is 30.3 Å². The zero-order valence-corrected chi connectivity index (χ0v) is 16.3. The Kier molecular flexibility index (Phi) is 5.12. The molecular formula is C22H19NO4S. The smallest absolute Gasteiger partial charge is 0.159 e. The standard InChI is InChI=1S/C22H19NO4S/c1-14-23-11-21(28-14)22(15-7-9-16(25-2)10-8-15)27-20-13-26-19-6-4-3-5-17(19)18(20)12-24/h3-13,18,22H,1-2H3. The van der Waals surface area contributed by atoms with E-state index in [1.807, 2.05) is 61.7 Å². The Bertz CT molecular complexity index is 1010. The molecule has 0 amide bonds. The fourth-order valence-corrected chi connectivity index (χ4v) is 3.98. The minimum absolute atomic E-state index is 0.403. The van der Waals surface area contributed by atoms with E-state index in [2.05, 4.69) is 4.98 Å². The molecule has 0 saturated heterocycles. The maximum atomic E-state index is 11.9. The maximum Gasteiger partial charge on any atom is 0.159 e. The first-order valence-corrected chi connectivity index (χ1v) is 9.65. The van der Waals surface area contributed by atoms with E-state index in [4.69, 9.17) is 14.2 Å². The third-order valence-corrected chi connectivity index (χ3v) is 5.52. The van der Waals surface area contributed by atoms with Gasteiger partial charge in [-0.25, -0.2) is 4.98 Å². The second kappa shape index (κ2) is 7.86. The first-order chi connectivity index (χ1) is 13.7. The number of carbonyl (C=O) groups excluding carboxylic acids is 1. The zero-order chi connectivity index (χ0) is 19.5. The summed E-state index contributed by atoms with van der Waals surface area (Å²) in [6, 6.07) is 15.2. The first-order valence-electron chi connectivity index (χ1n) is 8.83. The third-order valence-electron chi connectivity index (χ3n) is 4.57. The second-order valence-electron chi connectivity index (χ2n) is 6.34. The van der Waals surface area contributed by atoms with Gasteiger partial charge in [-0.05, 0) is 30.7 Å². The van der Waals surface area contributed by atoms with Crippen LogP contribution in [0.4, 0.5) is 0 Å². The number of allylic oxidation sites excluding steroid dienone is 1. The molecular weight excluding hydrogens is 374 g/mol. The molecule has 5 nitrogen and oxygen atoms in total. The van der Waals surface area contributed by atoms with Gasteiger partial charge < -0.3 is 19.0 Å². The fourth-order valence-electron chi connectivity index (χ4n) is 3.14. The van der Waals surface area contributed by atoms with Gasteiger partial charge in [0.25, 0.3) is 0 Å². The largest absolute Gasteiger partial charge is 0.497 e. The van der Waals surface area contributed by atoms with Crippen LogP contribution in [0.15, 0.2) is 66.7 Å². The van der Waals surface area contributed by atoms with Crippen molar-refractivity contribution < 1.29 is 19.0 Å². The number of fused-ring (bicyclic) bond motifs is 1. The molecule has 2 unspecified atom stereocenters. The third kappa shape index (κ3) is 3.51. The van der Waals surface area contributed by atoms with Gasteiger partial charge in [0.05, 0.1) is 17.0 Å². The average Bonchev–Trinajstić information content (AvgIpc) is 3.17. The van der Waals surface area contributed by atoms with E-state index < -0.39 is 12.0 Å². The van der Waals surface area contributed by atoms with Gasteiger partial charge in [-0.2, -0.15) is 0 Å². The molecule has 142 valence electrons. The molecule has 0 spiro atoms. The van der Waals surface area contributed by atoms with Crippen molar-refractivity contribution in [3.63, 3.8) is 0 Å². The minimum atomic E-state index is -0.514. The van der Waals surface area contributed by atoms with Crippen LogP contribution in [0.25, 0.3) is 0 Å². The summed E-state index contributed by atoms with van der Waals surface area (Å²) in [5, 5.41) is 0.947. The van der Waals surface area contributed by atoms with Gasteiger partial charge in [-0.3, -0.25) is 0 Å². The van der Waals surface area contributed by atoms with Gasteiger partial charge in [0, 0.05) is 11.8 Å². The van der Waals surface area contributed by atoms with E-state index in [1.54, 1.807) is 18.4 Å². The summed E-state index contributed by atoms with van der Waals surface area (Å²) in [5.41, 5.74) is 1.73. The van der Waals surface area contributed by atoms with E-state index >= 15 is 0 Å². The number of benzene rings is 2. The summed E-state index contributed by atoms with van der Waals surface area (Å²) in [6.45, 7) is 1.95. The van der Waals surface area contributed by atoms with Crippen molar-refractivity contribution in [2.45, 2.75) is 18.9 Å². The lowest BCUT2D eigenvalue weighted by molar-refractivity contribution is -0.109. The molecule has 4 rings (SSSR count). The van der Waals surface area contributed by atoms with Crippen molar-refractivity contribution in [2.24, 2.45) is 0 Å². The molecule has 6 heteroatoms. The Balaban J connectivity index is 1.69. The van der Waals surface area contributed by atoms with E-state index in [0.29, 0.717) is 11.5 Å². The number of carbonyl (C=O) groups is 1. The van der Waals surface area contributed by atoms with Gasteiger partial charge in [0.2, 0.25) is 0 Å². The molecule has 1 aliphatic heterocycles. The molecule has 0 radical (unpaired) electrons. The van der Waals surface area contributed by atoms with Crippen molar-refractivity contribution >= 4 is 17.6 Å². The molecule has 0 N–H and O–H groups in total. The Hall–Kier alpha value is -3.12. The van der Waals surface area contributed by atoms with E-state index in [9.17, 15) is 4.79 Å². The number of ether oxygens (including phenoxy) is 3. The fraction of sp³-hybridized carbons (Fsp3) is 0.182. The predicted molar refractivity (Wildman–Crippen MR) is 107 cm³/mol. The van der Waals surface area contributed by atoms with Crippen molar-refractivity contribution in [1.29, 1.82) is 0 Å². The summed E-state index contributed by atoms with van der Waals surface area (Å²) < 4.78 is 17.3. The number of rotatable bonds is 6. The summed E-state index contributed by atoms with van der Waals surface area (Å²) >= 11 is 1.56. The molecule has 2 heterocycles. The van der Waals surface area contributed by atoms with Crippen molar-refractivity contribution in [3.05, 3.63) is 87.8 Å². The molecule has 1 aliphatic rings. The van der Waals surface area contributed by atoms with Crippen molar-refractivity contribution in [3.8, 4) is 11.5 Å². The maximum absolute atomic E-state index is 11.9.